The third kappa shape index (κ3) is 5.07. The first-order chi connectivity index (χ1) is 7.21. The summed E-state index contributed by atoms with van der Waals surface area (Å²) in [5.41, 5.74) is 0. The summed E-state index contributed by atoms with van der Waals surface area (Å²) in [5.74, 6) is 0.0449. The van der Waals surface area contributed by atoms with Gasteiger partial charge >= 0.3 is 5.97 Å². The van der Waals surface area contributed by atoms with E-state index in [-0.39, 0.29) is 18.0 Å². The molecule has 2 atom stereocenters. The summed E-state index contributed by atoms with van der Waals surface area (Å²) in [6, 6.07) is 0. The summed E-state index contributed by atoms with van der Waals surface area (Å²) in [4.78, 5) is 11.5. The molecule has 15 heavy (non-hydrogen) atoms. The molecule has 0 aromatic heterocycles. The van der Waals surface area contributed by atoms with Crippen LogP contribution in [-0.2, 0) is 14.3 Å². The molecule has 3 nitrogen and oxygen atoms in total. The molecule has 0 spiro atoms. The molecule has 4 heteroatoms. The van der Waals surface area contributed by atoms with Gasteiger partial charge in [0.05, 0.1) is 19.3 Å². The standard InChI is InChI=1S/C11H19ClO3/c1-4-10(15-5-2)9(7-6-8-12)11(13)14-3/h5,9-10H,2,4,6-8H2,1,3H3/t9-,10+/m1/s1. The summed E-state index contributed by atoms with van der Waals surface area (Å²) in [6.07, 6.45) is 3.40. The Morgan fingerprint density at radius 2 is 2.27 bits per heavy atom. The molecule has 0 radical (unpaired) electrons. The number of carbonyl (C=O) groups is 1. The zero-order valence-electron chi connectivity index (χ0n) is 9.37. The van der Waals surface area contributed by atoms with Crippen molar-refractivity contribution in [3.8, 4) is 0 Å². The largest absolute Gasteiger partial charge is 0.498 e. The van der Waals surface area contributed by atoms with Crippen LogP contribution in [0.1, 0.15) is 26.2 Å². The second-order valence-electron chi connectivity index (χ2n) is 3.21. The fourth-order valence-corrected chi connectivity index (χ4v) is 1.66. The van der Waals surface area contributed by atoms with E-state index in [1.54, 1.807) is 0 Å². The van der Waals surface area contributed by atoms with Gasteiger partial charge in [-0.15, -0.1) is 11.6 Å². The van der Waals surface area contributed by atoms with Gasteiger partial charge in [0.2, 0.25) is 0 Å². The summed E-state index contributed by atoms with van der Waals surface area (Å²) in [6.45, 7) is 5.46. The van der Waals surface area contributed by atoms with E-state index in [1.807, 2.05) is 6.92 Å². The number of halogens is 1. The van der Waals surface area contributed by atoms with Gasteiger partial charge in [-0.3, -0.25) is 4.79 Å². The Hall–Kier alpha value is -0.700. The van der Waals surface area contributed by atoms with Crippen molar-refractivity contribution >= 4 is 17.6 Å². The van der Waals surface area contributed by atoms with E-state index < -0.39 is 0 Å². The van der Waals surface area contributed by atoms with Gasteiger partial charge in [0.25, 0.3) is 0 Å². The molecule has 88 valence electrons. The minimum absolute atomic E-state index is 0.168. The molecule has 0 fully saturated rings. The summed E-state index contributed by atoms with van der Waals surface area (Å²) in [7, 11) is 1.39. The van der Waals surface area contributed by atoms with Crippen molar-refractivity contribution in [3.63, 3.8) is 0 Å². The van der Waals surface area contributed by atoms with Crippen LogP contribution in [0.2, 0.25) is 0 Å². The molecule has 0 aromatic rings. The van der Waals surface area contributed by atoms with Gasteiger partial charge in [0, 0.05) is 5.88 Å². The van der Waals surface area contributed by atoms with Crippen molar-refractivity contribution in [3.05, 3.63) is 12.8 Å². The topological polar surface area (TPSA) is 35.5 Å². The van der Waals surface area contributed by atoms with Crippen molar-refractivity contribution in [2.45, 2.75) is 32.3 Å². The highest BCUT2D eigenvalue weighted by Crippen LogP contribution is 2.19. The number of methoxy groups -OCH3 is 1. The molecule has 0 aromatic carbocycles. The Balaban J connectivity index is 4.41. The second-order valence-corrected chi connectivity index (χ2v) is 3.59. The zero-order chi connectivity index (χ0) is 11.7. The molecule has 0 bridgehead atoms. The fraction of sp³-hybridized carbons (Fsp3) is 0.727. The number of hydrogen-bond acceptors (Lipinski definition) is 3. The normalized spacial score (nSPS) is 14.1. The molecule has 0 rings (SSSR count). The van der Waals surface area contributed by atoms with Crippen LogP contribution >= 0.6 is 11.6 Å². The Morgan fingerprint density at radius 3 is 2.67 bits per heavy atom. The van der Waals surface area contributed by atoms with Gasteiger partial charge in [-0.25, -0.2) is 0 Å². The third-order valence-electron chi connectivity index (χ3n) is 2.27. The van der Waals surface area contributed by atoms with Gasteiger partial charge < -0.3 is 9.47 Å². The SMILES string of the molecule is C=CO[C@@H](CC)[C@@H](CCCCl)C(=O)OC. The second kappa shape index (κ2) is 8.60. The monoisotopic (exact) mass is 234 g/mol. The molecule has 0 N–H and O–H groups in total. The first-order valence-corrected chi connectivity index (χ1v) is 5.64. The quantitative estimate of drug-likeness (QED) is 0.368. The number of hydrogen-bond donors (Lipinski definition) is 0. The van der Waals surface area contributed by atoms with Crippen molar-refractivity contribution in [2.75, 3.05) is 13.0 Å². The van der Waals surface area contributed by atoms with E-state index in [2.05, 4.69) is 6.58 Å². The maximum atomic E-state index is 11.5. The number of rotatable bonds is 8. The van der Waals surface area contributed by atoms with Crippen LogP contribution in [-0.4, -0.2) is 25.1 Å². The average Bonchev–Trinajstić information content (AvgIpc) is 2.27. The first-order valence-electron chi connectivity index (χ1n) is 5.11. The highest BCUT2D eigenvalue weighted by Gasteiger charge is 2.28. The van der Waals surface area contributed by atoms with Gasteiger partial charge in [-0.1, -0.05) is 13.5 Å². The lowest BCUT2D eigenvalue weighted by Gasteiger charge is -2.23. The summed E-state index contributed by atoms with van der Waals surface area (Å²) in [5, 5.41) is 0. The summed E-state index contributed by atoms with van der Waals surface area (Å²) < 4.78 is 10.0. The lowest BCUT2D eigenvalue weighted by molar-refractivity contribution is -0.150. The Morgan fingerprint density at radius 1 is 1.60 bits per heavy atom. The molecular weight excluding hydrogens is 216 g/mol. The molecule has 0 unspecified atom stereocenters. The first kappa shape index (κ1) is 14.3. The van der Waals surface area contributed by atoms with Crippen LogP contribution in [0.25, 0.3) is 0 Å². The van der Waals surface area contributed by atoms with Crippen molar-refractivity contribution < 1.29 is 14.3 Å². The zero-order valence-corrected chi connectivity index (χ0v) is 10.1. The maximum absolute atomic E-state index is 11.5. The third-order valence-corrected chi connectivity index (χ3v) is 2.54. The van der Waals surface area contributed by atoms with Crippen LogP contribution in [0.5, 0.6) is 0 Å². The van der Waals surface area contributed by atoms with Gasteiger partial charge in [-0.05, 0) is 19.3 Å². The Bertz CT molecular complexity index is 194. The highest BCUT2D eigenvalue weighted by molar-refractivity contribution is 6.17. The Labute approximate surface area is 96.4 Å². The number of ether oxygens (including phenoxy) is 2. The minimum atomic E-state index is -0.253. The van der Waals surface area contributed by atoms with Crippen LogP contribution in [0, 0.1) is 5.92 Å². The predicted octanol–water partition coefficient (Wildman–Crippen LogP) is 2.73. The van der Waals surface area contributed by atoms with E-state index >= 15 is 0 Å². The maximum Gasteiger partial charge on any atom is 0.312 e. The lowest BCUT2D eigenvalue weighted by Crippen LogP contribution is -2.30. The lowest BCUT2D eigenvalue weighted by atomic mass is 9.95. The molecule has 0 aliphatic heterocycles. The minimum Gasteiger partial charge on any atom is -0.498 e. The van der Waals surface area contributed by atoms with Crippen LogP contribution in [0.4, 0.5) is 0 Å². The van der Waals surface area contributed by atoms with E-state index in [4.69, 9.17) is 21.1 Å². The molecule has 0 heterocycles. The van der Waals surface area contributed by atoms with E-state index in [0.717, 1.165) is 12.8 Å². The smallest absolute Gasteiger partial charge is 0.312 e. The molecule has 0 saturated heterocycles. The van der Waals surface area contributed by atoms with Crippen LogP contribution in [0.15, 0.2) is 12.8 Å². The van der Waals surface area contributed by atoms with Gasteiger partial charge in [0.1, 0.15) is 6.10 Å². The molecule has 0 aliphatic carbocycles. The van der Waals surface area contributed by atoms with Crippen molar-refractivity contribution in [2.24, 2.45) is 5.92 Å². The highest BCUT2D eigenvalue weighted by atomic mass is 35.5. The van der Waals surface area contributed by atoms with Crippen molar-refractivity contribution in [1.82, 2.24) is 0 Å². The molecule has 0 saturated carbocycles. The number of alkyl halides is 1. The predicted molar refractivity (Wildman–Crippen MR) is 60.8 cm³/mol. The average molecular weight is 235 g/mol. The molecular formula is C11H19ClO3. The molecule has 0 aliphatic rings. The van der Waals surface area contributed by atoms with E-state index in [9.17, 15) is 4.79 Å². The number of carbonyl (C=O) groups excluding carboxylic acids is 1. The fourth-order valence-electron chi connectivity index (χ4n) is 1.50. The van der Waals surface area contributed by atoms with Crippen LogP contribution in [0.3, 0.4) is 0 Å². The van der Waals surface area contributed by atoms with E-state index in [1.165, 1.54) is 13.4 Å². The Kier molecular flexibility index (Phi) is 8.19. The summed E-state index contributed by atoms with van der Waals surface area (Å²) >= 11 is 5.61. The molecule has 0 amide bonds. The van der Waals surface area contributed by atoms with Crippen LogP contribution < -0.4 is 0 Å². The number of esters is 1. The van der Waals surface area contributed by atoms with Gasteiger partial charge in [0.15, 0.2) is 0 Å². The van der Waals surface area contributed by atoms with Gasteiger partial charge in [-0.2, -0.15) is 0 Å². The van der Waals surface area contributed by atoms with E-state index in [0.29, 0.717) is 12.3 Å². The van der Waals surface area contributed by atoms with Crippen molar-refractivity contribution in [1.29, 1.82) is 0 Å².